The maximum Gasteiger partial charge on any atom is 0.337 e. The molecule has 0 saturated heterocycles. The Morgan fingerprint density at radius 1 is 1.33 bits per heavy atom. The molecule has 0 unspecified atom stereocenters. The van der Waals surface area contributed by atoms with Crippen LogP contribution in [0.2, 0.25) is 0 Å². The van der Waals surface area contributed by atoms with E-state index in [4.69, 9.17) is 23.2 Å². The van der Waals surface area contributed by atoms with Crippen molar-refractivity contribution in [3.63, 3.8) is 0 Å². The lowest BCUT2D eigenvalue weighted by Crippen LogP contribution is -2.09. The molecule has 1 rings (SSSR count). The summed E-state index contributed by atoms with van der Waals surface area (Å²) in [5, 5.41) is 8.80. The maximum absolute atomic E-state index is 11.3. The zero-order chi connectivity index (χ0) is 16.8. The molecule has 0 atom stereocenters. The molecular formula is C16H22N2O2S. The Balaban J connectivity index is 0. The minimum atomic E-state index is -0.436. The summed E-state index contributed by atoms with van der Waals surface area (Å²) in [5.74, 6) is -0.436. The van der Waals surface area contributed by atoms with E-state index in [0.717, 1.165) is 0 Å². The number of carbonyl (C=O) groups is 1. The molecule has 0 aliphatic heterocycles. The molecule has 0 spiro atoms. The van der Waals surface area contributed by atoms with Gasteiger partial charge >= 0.3 is 5.97 Å². The van der Waals surface area contributed by atoms with Crippen LogP contribution in [0.1, 0.15) is 43.6 Å². The highest BCUT2D eigenvalue weighted by molar-refractivity contribution is 7.80. The number of carbonyl (C=O) groups excluding carboxylic acids is 1. The van der Waals surface area contributed by atoms with Gasteiger partial charge in [0.1, 0.15) is 11.1 Å². The summed E-state index contributed by atoms with van der Waals surface area (Å²) >= 11 is 4.72. The van der Waals surface area contributed by atoms with E-state index in [0.29, 0.717) is 11.1 Å². The first-order chi connectivity index (χ1) is 10.1. The standard InChI is InChI=1S/C12H10N2O2S.2C2H6/c1-16-12(15)9-4-2-3-8(5-9)6-10(7-13)11(14)17;2*1-2/h2-6H,1H3,(H2,14,17);2*1-2H3/b10-6+;;. The van der Waals surface area contributed by atoms with Gasteiger partial charge in [-0.25, -0.2) is 4.79 Å². The summed E-state index contributed by atoms with van der Waals surface area (Å²) < 4.78 is 4.59. The predicted molar refractivity (Wildman–Crippen MR) is 90.9 cm³/mol. The van der Waals surface area contributed by atoms with Gasteiger partial charge in [0.15, 0.2) is 0 Å². The lowest BCUT2D eigenvalue weighted by molar-refractivity contribution is 0.0600. The van der Waals surface area contributed by atoms with Crippen molar-refractivity contribution in [2.24, 2.45) is 5.73 Å². The monoisotopic (exact) mass is 306 g/mol. The number of nitrogens with two attached hydrogens (primary N) is 1. The number of hydrogen-bond acceptors (Lipinski definition) is 4. The van der Waals surface area contributed by atoms with Crippen molar-refractivity contribution in [2.75, 3.05) is 7.11 Å². The van der Waals surface area contributed by atoms with Gasteiger partial charge in [-0.1, -0.05) is 52.0 Å². The van der Waals surface area contributed by atoms with E-state index in [9.17, 15) is 4.79 Å². The molecule has 0 amide bonds. The van der Waals surface area contributed by atoms with Gasteiger partial charge in [0, 0.05) is 0 Å². The molecule has 5 heteroatoms. The summed E-state index contributed by atoms with van der Waals surface area (Å²) in [7, 11) is 1.31. The van der Waals surface area contributed by atoms with Gasteiger partial charge in [-0.15, -0.1) is 0 Å². The summed E-state index contributed by atoms with van der Waals surface area (Å²) in [6, 6.07) is 8.54. The lowest BCUT2D eigenvalue weighted by atomic mass is 10.1. The zero-order valence-electron chi connectivity index (χ0n) is 13.1. The Kier molecular flexibility index (Phi) is 12.9. The molecule has 0 radical (unpaired) electrons. The van der Waals surface area contributed by atoms with Crippen LogP contribution in [-0.2, 0) is 4.74 Å². The third-order valence-electron chi connectivity index (χ3n) is 2.00. The van der Waals surface area contributed by atoms with E-state index >= 15 is 0 Å². The van der Waals surface area contributed by atoms with Crippen LogP contribution in [0, 0.1) is 11.3 Å². The van der Waals surface area contributed by atoms with Crippen molar-refractivity contribution in [3.05, 3.63) is 41.0 Å². The second kappa shape index (κ2) is 12.8. The SMILES string of the molecule is CC.CC.COC(=O)c1cccc(/C=C(\C#N)C(N)=S)c1. The fourth-order valence-electron chi connectivity index (χ4n) is 1.20. The highest BCUT2D eigenvalue weighted by Gasteiger charge is 2.05. The fourth-order valence-corrected chi connectivity index (χ4v) is 1.30. The van der Waals surface area contributed by atoms with Crippen LogP contribution in [-0.4, -0.2) is 18.1 Å². The van der Waals surface area contributed by atoms with Crippen LogP contribution in [0.4, 0.5) is 0 Å². The molecule has 0 aliphatic carbocycles. The van der Waals surface area contributed by atoms with Gasteiger partial charge in [0.25, 0.3) is 0 Å². The molecule has 1 aromatic rings. The van der Waals surface area contributed by atoms with Crippen molar-refractivity contribution < 1.29 is 9.53 Å². The van der Waals surface area contributed by atoms with Gasteiger partial charge in [0.05, 0.1) is 18.2 Å². The number of rotatable bonds is 3. The number of thiocarbonyl (C=S) groups is 1. The van der Waals surface area contributed by atoms with E-state index in [1.54, 1.807) is 24.3 Å². The van der Waals surface area contributed by atoms with E-state index in [2.05, 4.69) is 4.74 Å². The molecule has 0 bridgehead atoms. The highest BCUT2D eigenvalue weighted by atomic mass is 32.1. The quantitative estimate of drug-likeness (QED) is 0.398. The zero-order valence-corrected chi connectivity index (χ0v) is 14.0. The molecule has 0 aromatic heterocycles. The number of ether oxygens (including phenoxy) is 1. The molecule has 114 valence electrons. The molecule has 0 fully saturated rings. The molecule has 2 N–H and O–H groups in total. The summed E-state index contributed by atoms with van der Waals surface area (Å²) in [4.78, 5) is 11.3. The van der Waals surface area contributed by atoms with Crippen LogP contribution in [0.15, 0.2) is 29.8 Å². The van der Waals surface area contributed by atoms with Gasteiger partial charge in [-0.3, -0.25) is 0 Å². The number of benzene rings is 1. The highest BCUT2D eigenvalue weighted by Crippen LogP contribution is 2.10. The van der Waals surface area contributed by atoms with Crippen LogP contribution in [0.3, 0.4) is 0 Å². The van der Waals surface area contributed by atoms with E-state index in [1.807, 2.05) is 33.8 Å². The second-order valence-corrected chi connectivity index (χ2v) is 3.59. The van der Waals surface area contributed by atoms with Crippen molar-refractivity contribution >= 4 is 29.3 Å². The van der Waals surface area contributed by atoms with Crippen LogP contribution in [0.25, 0.3) is 6.08 Å². The molecule has 21 heavy (non-hydrogen) atoms. The number of hydrogen-bond donors (Lipinski definition) is 1. The summed E-state index contributed by atoms with van der Waals surface area (Å²) in [6.07, 6.45) is 1.52. The van der Waals surface area contributed by atoms with E-state index in [-0.39, 0.29) is 10.6 Å². The number of methoxy groups -OCH3 is 1. The Morgan fingerprint density at radius 2 is 1.90 bits per heavy atom. The Bertz CT molecular complexity index is 531. The number of nitriles is 1. The number of nitrogens with zero attached hydrogens (tertiary/aromatic N) is 1. The Hall–Kier alpha value is -2.19. The Labute approximate surface area is 132 Å². The van der Waals surface area contributed by atoms with E-state index < -0.39 is 5.97 Å². The third kappa shape index (κ3) is 7.85. The average Bonchev–Trinajstić information content (AvgIpc) is 2.55. The molecule has 0 aliphatic rings. The minimum Gasteiger partial charge on any atom is -0.465 e. The summed E-state index contributed by atoms with van der Waals surface area (Å²) in [5.41, 5.74) is 6.63. The van der Waals surface area contributed by atoms with Crippen molar-refractivity contribution in [1.82, 2.24) is 0 Å². The van der Waals surface area contributed by atoms with Crippen LogP contribution in [0.5, 0.6) is 0 Å². The molecule has 4 nitrogen and oxygen atoms in total. The third-order valence-corrected chi connectivity index (χ3v) is 2.22. The van der Waals surface area contributed by atoms with Crippen LogP contribution >= 0.6 is 12.2 Å². The minimum absolute atomic E-state index is 0.0240. The van der Waals surface area contributed by atoms with Gasteiger partial charge < -0.3 is 10.5 Å². The lowest BCUT2D eigenvalue weighted by Gasteiger charge is -2.01. The van der Waals surface area contributed by atoms with Gasteiger partial charge in [-0.05, 0) is 23.8 Å². The molecule has 1 aromatic carbocycles. The maximum atomic E-state index is 11.3. The summed E-state index contributed by atoms with van der Waals surface area (Å²) in [6.45, 7) is 8.00. The Morgan fingerprint density at radius 3 is 2.33 bits per heavy atom. The van der Waals surface area contributed by atoms with Crippen LogP contribution < -0.4 is 5.73 Å². The molecule has 0 saturated carbocycles. The number of esters is 1. The second-order valence-electron chi connectivity index (χ2n) is 3.15. The normalized spacial score (nSPS) is 9.05. The molecule has 0 heterocycles. The topological polar surface area (TPSA) is 76.1 Å². The molecular weight excluding hydrogens is 284 g/mol. The van der Waals surface area contributed by atoms with E-state index in [1.165, 1.54) is 13.2 Å². The first-order valence-corrected chi connectivity index (χ1v) is 7.09. The van der Waals surface area contributed by atoms with Crippen molar-refractivity contribution in [3.8, 4) is 6.07 Å². The van der Waals surface area contributed by atoms with Crippen molar-refractivity contribution in [1.29, 1.82) is 5.26 Å². The predicted octanol–water partition coefficient (Wildman–Crippen LogP) is 3.72. The first-order valence-electron chi connectivity index (χ1n) is 6.68. The smallest absolute Gasteiger partial charge is 0.337 e. The first kappa shape index (κ1) is 21.1. The fraction of sp³-hybridized carbons (Fsp3) is 0.312. The largest absolute Gasteiger partial charge is 0.465 e. The van der Waals surface area contributed by atoms with Gasteiger partial charge in [0.2, 0.25) is 0 Å². The van der Waals surface area contributed by atoms with Crippen molar-refractivity contribution in [2.45, 2.75) is 27.7 Å². The average molecular weight is 306 g/mol. The van der Waals surface area contributed by atoms with Gasteiger partial charge in [-0.2, -0.15) is 5.26 Å².